The minimum absolute atomic E-state index is 0.0960. The Morgan fingerprint density at radius 3 is 2.45 bits per heavy atom. The summed E-state index contributed by atoms with van der Waals surface area (Å²) in [7, 11) is -3.66. The maximum absolute atomic E-state index is 13.3. The number of amides is 1. The van der Waals surface area contributed by atoms with Crippen molar-refractivity contribution in [3.05, 3.63) is 90.5 Å². The summed E-state index contributed by atoms with van der Waals surface area (Å²) in [5.41, 5.74) is 1.05. The first-order chi connectivity index (χ1) is 16.0. The maximum Gasteiger partial charge on any atom is 0.243 e. The number of nitrogens with one attached hydrogen (secondary N) is 1. The lowest BCUT2D eigenvalue weighted by Gasteiger charge is -2.31. The van der Waals surface area contributed by atoms with Crippen LogP contribution in [0.2, 0.25) is 0 Å². The molecule has 5 rings (SSSR count). The van der Waals surface area contributed by atoms with E-state index in [1.165, 1.54) is 4.31 Å². The highest BCUT2D eigenvalue weighted by molar-refractivity contribution is 7.89. The van der Waals surface area contributed by atoms with Gasteiger partial charge in [-0.2, -0.15) is 4.31 Å². The zero-order valence-corrected chi connectivity index (χ0v) is 19.1. The molecule has 4 aromatic rings. The molecule has 1 fully saturated rings. The molecular weight excluding hydrogens is 432 g/mol. The van der Waals surface area contributed by atoms with Gasteiger partial charge in [0, 0.05) is 19.6 Å². The predicted molar refractivity (Wildman–Crippen MR) is 131 cm³/mol. The molecule has 1 atom stereocenters. The van der Waals surface area contributed by atoms with E-state index in [0.29, 0.717) is 25.9 Å². The summed E-state index contributed by atoms with van der Waals surface area (Å²) in [5, 5.41) is 7.18. The van der Waals surface area contributed by atoms with E-state index >= 15 is 0 Å². The molecule has 1 aliphatic rings. The highest BCUT2D eigenvalue weighted by Crippen LogP contribution is 2.26. The van der Waals surface area contributed by atoms with Gasteiger partial charge >= 0.3 is 0 Å². The highest BCUT2D eigenvalue weighted by atomic mass is 32.2. The van der Waals surface area contributed by atoms with E-state index in [1.54, 1.807) is 12.1 Å². The Morgan fingerprint density at radius 1 is 0.879 bits per heavy atom. The molecule has 1 saturated heterocycles. The Kier molecular flexibility index (Phi) is 5.87. The van der Waals surface area contributed by atoms with Crippen LogP contribution < -0.4 is 5.32 Å². The van der Waals surface area contributed by atoms with E-state index in [1.807, 2.05) is 54.6 Å². The van der Waals surface area contributed by atoms with Gasteiger partial charge in [-0.1, -0.05) is 72.8 Å². The van der Waals surface area contributed by atoms with Crippen molar-refractivity contribution in [3.8, 4) is 0 Å². The molecule has 5 nitrogen and oxygen atoms in total. The topological polar surface area (TPSA) is 66.5 Å². The first-order valence-corrected chi connectivity index (χ1v) is 12.7. The largest absolute Gasteiger partial charge is 0.352 e. The zero-order valence-electron chi connectivity index (χ0n) is 18.3. The van der Waals surface area contributed by atoms with Crippen LogP contribution in [0.4, 0.5) is 0 Å². The second-order valence-corrected chi connectivity index (χ2v) is 10.5. The summed E-state index contributed by atoms with van der Waals surface area (Å²) in [6.07, 6.45) is 1.35. The van der Waals surface area contributed by atoms with E-state index in [2.05, 4.69) is 23.5 Å². The summed E-state index contributed by atoms with van der Waals surface area (Å²) in [6.45, 7) is 1.06. The number of fused-ring (bicyclic) bond motifs is 2. The first kappa shape index (κ1) is 21.6. The van der Waals surface area contributed by atoms with E-state index in [9.17, 15) is 13.2 Å². The standard InChI is InChI=1S/C27H26N2O3S/c30-27(28-18-23-11-5-10-21-8-3-4-13-26(21)23)24-12-6-16-29(19-24)33(31,32)25-15-14-20-7-1-2-9-22(20)17-25/h1-5,7-11,13-15,17,24H,6,12,16,18-19H2,(H,28,30)/t24-/m0/s1. The second kappa shape index (κ2) is 8.96. The summed E-state index contributed by atoms with van der Waals surface area (Å²) in [5.74, 6) is -0.453. The number of hydrogen-bond donors (Lipinski definition) is 1. The summed E-state index contributed by atoms with van der Waals surface area (Å²) >= 11 is 0. The Bertz CT molecular complexity index is 1430. The van der Waals surface area contributed by atoms with E-state index in [0.717, 1.165) is 27.1 Å². The van der Waals surface area contributed by atoms with Crippen LogP contribution in [0.25, 0.3) is 21.5 Å². The lowest BCUT2D eigenvalue weighted by Crippen LogP contribution is -2.45. The molecule has 0 bridgehead atoms. The van der Waals surface area contributed by atoms with Gasteiger partial charge in [0.1, 0.15) is 0 Å². The molecular formula is C27H26N2O3S. The Hall–Kier alpha value is -3.22. The molecule has 168 valence electrons. The number of piperidine rings is 1. The summed E-state index contributed by atoms with van der Waals surface area (Å²) in [4.78, 5) is 13.2. The lowest BCUT2D eigenvalue weighted by molar-refractivity contribution is -0.126. The van der Waals surface area contributed by atoms with Gasteiger partial charge in [-0.25, -0.2) is 8.42 Å². The normalized spacial score (nSPS) is 17.3. The average Bonchev–Trinajstić information content (AvgIpc) is 2.87. The number of carbonyl (C=O) groups is 1. The van der Waals surface area contributed by atoms with Gasteiger partial charge in [-0.3, -0.25) is 4.79 Å². The maximum atomic E-state index is 13.3. The van der Waals surface area contributed by atoms with Gasteiger partial charge in [0.25, 0.3) is 0 Å². The van der Waals surface area contributed by atoms with Crippen molar-refractivity contribution in [2.24, 2.45) is 5.92 Å². The molecule has 1 heterocycles. The molecule has 0 aliphatic carbocycles. The van der Waals surface area contributed by atoms with Gasteiger partial charge in [0.15, 0.2) is 0 Å². The monoisotopic (exact) mass is 458 g/mol. The van der Waals surface area contributed by atoms with Crippen LogP contribution >= 0.6 is 0 Å². The van der Waals surface area contributed by atoms with Gasteiger partial charge in [0.2, 0.25) is 15.9 Å². The van der Waals surface area contributed by atoms with Crippen molar-refractivity contribution in [2.75, 3.05) is 13.1 Å². The third-order valence-electron chi connectivity index (χ3n) is 6.45. The van der Waals surface area contributed by atoms with Crippen LogP contribution in [0.15, 0.2) is 89.8 Å². The molecule has 4 aromatic carbocycles. The Balaban J connectivity index is 1.30. The molecule has 0 saturated carbocycles. The van der Waals surface area contributed by atoms with Crippen molar-refractivity contribution < 1.29 is 13.2 Å². The number of sulfonamides is 1. The van der Waals surface area contributed by atoms with Crippen molar-refractivity contribution >= 4 is 37.5 Å². The van der Waals surface area contributed by atoms with Crippen molar-refractivity contribution in [1.29, 1.82) is 0 Å². The quantitative estimate of drug-likeness (QED) is 0.471. The van der Waals surface area contributed by atoms with Crippen LogP contribution in [-0.4, -0.2) is 31.7 Å². The second-order valence-electron chi connectivity index (χ2n) is 8.57. The summed E-state index contributed by atoms with van der Waals surface area (Å²) in [6, 6.07) is 27.1. The molecule has 6 heteroatoms. The van der Waals surface area contributed by atoms with Crippen molar-refractivity contribution in [2.45, 2.75) is 24.3 Å². The average molecular weight is 459 g/mol. The third kappa shape index (κ3) is 4.36. The molecule has 0 radical (unpaired) electrons. The van der Waals surface area contributed by atoms with E-state index in [-0.39, 0.29) is 23.3 Å². The number of benzene rings is 4. The molecule has 1 aliphatic heterocycles. The highest BCUT2D eigenvalue weighted by Gasteiger charge is 2.33. The molecule has 0 spiro atoms. The van der Waals surface area contributed by atoms with Crippen molar-refractivity contribution in [3.63, 3.8) is 0 Å². The molecule has 0 aromatic heterocycles. The first-order valence-electron chi connectivity index (χ1n) is 11.3. The zero-order chi connectivity index (χ0) is 22.8. The van der Waals surface area contributed by atoms with Crippen molar-refractivity contribution in [1.82, 2.24) is 9.62 Å². The lowest BCUT2D eigenvalue weighted by atomic mass is 9.98. The Morgan fingerprint density at radius 2 is 1.61 bits per heavy atom. The number of hydrogen-bond acceptors (Lipinski definition) is 3. The predicted octanol–water partition coefficient (Wildman–Crippen LogP) is 4.71. The number of carbonyl (C=O) groups excluding carboxylic acids is 1. The number of rotatable bonds is 5. The van der Waals surface area contributed by atoms with Gasteiger partial charge in [-0.05, 0) is 52.1 Å². The number of nitrogens with zero attached hydrogens (tertiary/aromatic N) is 1. The van der Waals surface area contributed by atoms with E-state index in [4.69, 9.17) is 0 Å². The molecule has 1 N–H and O–H groups in total. The Labute approximate surface area is 194 Å². The van der Waals surface area contributed by atoms with Gasteiger partial charge < -0.3 is 5.32 Å². The van der Waals surface area contributed by atoms with Crippen LogP contribution in [0.5, 0.6) is 0 Å². The van der Waals surface area contributed by atoms with Crippen LogP contribution in [-0.2, 0) is 21.4 Å². The van der Waals surface area contributed by atoms with Crippen LogP contribution in [0, 0.1) is 5.92 Å². The summed E-state index contributed by atoms with van der Waals surface area (Å²) < 4.78 is 28.1. The van der Waals surface area contributed by atoms with Gasteiger partial charge in [-0.15, -0.1) is 0 Å². The van der Waals surface area contributed by atoms with Crippen LogP contribution in [0.1, 0.15) is 18.4 Å². The van der Waals surface area contributed by atoms with Gasteiger partial charge in [0.05, 0.1) is 10.8 Å². The fraction of sp³-hybridized carbons (Fsp3) is 0.222. The fourth-order valence-electron chi connectivity index (χ4n) is 4.62. The minimum atomic E-state index is -3.66. The molecule has 1 amide bonds. The minimum Gasteiger partial charge on any atom is -0.352 e. The van der Waals surface area contributed by atoms with E-state index < -0.39 is 10.0 Å². The SMILES string of the molecule is O=C(NCc1cccc2ccccc12)[C@H]1CCCN(S(=O)(=O)c2ccc3ccccc3c2)C1. The van der Waals surface area contributed by atoms with Crippen LogP contribution in [0.3, 0.4) is 0 Å². The smallest absolute Gasteiger partial charge is 0.243 e. The third-order valence-corrected chi connectivity index (χ3v) is 8.31. The molecule has 0 unspecified atom stereocenters. The fourth-order valence-corrected chi connectivity index (χ4v) is 6.18. The molecule has 33 heavy (non-hydrogen) atoms.